The van der Waals surface area contributed by atoms with Crippen molar-refractivity contribution >= 4 is 5.95 Å². The standard InChI is InChI=1S/C18H20F3N3O2/c1-25-14-4-2-13(3-5-14)17(7-10-26-11-8-17)12-23-16-22-9-6-15(24-16)18(19,20)21/h2-6,9H,7-8,10-12H2,1H3,(H,22,23,24). The summed E-state index contributed by atoms with van der Waals surface area (Å²) in [7, 11) is 1.60. The van der Waals surface area contributed by atoms with Gasteiger partial charge in [-0.3, -0.25) is 0 Å². The minimum atomic E-state index is -4.49. The summed E-state index contributed by atoms with van der Waals surface area (Å²) in [4.78, 5) is 7.50. The number of ether oxygens (including phenoxy) is 2. The van der Waals surface area contributed by atoms with Gasteiger partial charge in [-0.05, 0) is 36.6 Å². The maximum atomic E-state index is 12.8. The molecule has 26 heavy (non-hydrogen) atoms. The molecule has 0 saturated carbocycles. The second-order valence-electron chi connectivity index (χ2n) is 6.24. The lowest BCUT2D eigenvalue weighted by atomic mass is 9.74. The Morgan fingerprint density at radius 2 is 1.85 bits per heavy atom. The predicted octanol–water partition coefficient (Wildman–Crippen LogP) is 3.66. The van der Waals surface area contributed by atoms with Gasteiger partial charge in [-0.25, -0.2) is 9.97 Å². The number of nitrogens with zero attached hydrogens (tertiary/aromatic N) is 2. The number of rotatable bonds is 5. The maximum Gasteiger partial charge on any atom is 0.433 e. The second-order valence-corrected chi connectivity index (χ2v) is 6.24. The Hall–Kier alpha value is -2.35. The average Bonchev–Trinajstić information content (AvgIpc) is 2.67. The molecule has 8 heteroatoms. The number of alkyl halides is 3. The van der Waals surface area contributed by atoms with Gasteiger partial charge in [0.2, 0.25) is 5.95 Å². The molecule has 1 aliphatic heterocycles. The number of benzene rings is 1. The van der Waals surface area contributed by atoms with Crippen molar-refractivity contribution in [2.45, 2.75) is 24.4 Å². The van der Waals surface area contributed by atoms with Crippen LogP contribution in [0.25, 0.3) is 0 Å². The SMILES string of the molecule is COc1ccc(C2(CNc3nccc(C(F)(F)F)n3)CCOCC2)cc1. The van der Waals surface area contributed by atoms with Crippen LogP contribution in [0.2, 0.25) is 0 Å². The van der Waals surface area contributed by atoms with Crippen molar-refractivity contribution in [3.63, 3.8) is 0 Å². The molecule has 2 aromatic rings. The highest BCUT2D eigenvalue weighted by Crippen LogP contribution is 2.36. The van der Waals surface area contributed by atoms with Crippen LogP contribution in [0.4, 0.5) is 19.1 Å². The Morgan fingerprint density at radius 3 is 2.46 bits per heavy atom. The lowest BCUT2D eigenvalue weighted by molar-refractivity contribution is -0.141. The Labute approximate surface area is 149 Å². The third-order valence-electron chi connectivity index (χ3n) is 4.68. The van der Waals surface area contributed by atoms with Crippen molar-refractivity contribution in [2.24, 2.45) is 0 Å². The highest BCUT2D eigenvalue weighted by atomic mass is 19.4. The first-order valence-electron chi connectivity index (χ1n) is 8.29. The van der Waals surface area contributed by atoms with E-state index in [1.165, 1.54) is 0 Å². The number of anilines is 1. The number of aromatic nitrogens is 2. The van der Waals surface area contributed by atoms with Crippen LogP contribution in [0.15, 0.2) is 36.5 Å². The fourth-order valence-electron chi connectivity index (χ4n) is 3.12. The summed E-state index contributed by atoms with van der Waals surface area (Å²) in [6, 6.07) is 8.59. The molecular weight excluding hydrogens is 347 g/mol. The van der Waals surface area contributed by atoms with Gasteiger partial charge < -0.3 is 14.8 Å². The number of methoxy groups -OCH3 is 1. The second kappa shape index (κ2) is 7.49. The maximum absolute atomic E-state index is 12.8. The van der Waals surface area contributed by atoms with E-state index in [0.717, 1.165) is 36.4 Å². The summed E-state index contributed by atoms with van der Waals surface area (Å²) in [6.07, 6.45) is -1.87. The zero-order valence-electron chi connectivity index (χ0n) is 14.3. The van der Waals surface area contributed by atoms with Gasteiger partial charge in [-0.15, -0.1) is 0 Å². The largest absolute Gasteiger partial charge is 0.497 e. The molecule has 1 N–H and O–H groups in total. The molecule has 2 heterocycles. The van der Waals surface area contributed by atoms with Crippen LogP contribution in [-0.2, 0) is 16.3 Å². The summed E-state index contributed by atoms with van der Waals surface area (Å²) in [5.74, 6) is 0.726. The third kappa shape index (κ3) is 4.07. The van der Waals surface area contributed by atoms with Crippen molar-refractivity contribution in [3.05, 3.63) is 47.8 Å². The van der Waals surface area contributed by atoms with Gasteiger partial charge in [-0.1, -0.05) is 12.1 Å². The Kier molecular flexibility index (Phi) is 5.31. The van der Waals surface area contributed by atoms with E-state index in [1.807, 2.05) is 24.3 Å². The topological polar surface area (TPSA) is 56.3 Å². The van der Waals surface area contributed by atoms with Crippen LogP contribution < -0.4 is 10.1 Å². The molecule has 0 radical (unpaired) electrons. The minimum absolute atomic E-state index is 0.0285. The van der Waals surface area contributed by atoms with Gasteiger partial charge in [0.25, 0.3) is 0 Å². The molecular formula is C18H20F3N3O2. The molecule has 1 saturated heterocycles. The van der Waals surface area contributed by atoms with Gasteiger partial charge in [0.15, 0.2) is 0 Å². The van der Waals surface area contributed by atoms with E-state index in [4.69, 9.17) is 9.47 Å². The predicted molar refractivity (Wildman–Crippen MR) is 90.2 cm³/mol. The van der Waals surface area contributed by atoms with Crippen LogP contribution in [0, 0.1) is 0 Å². The zero-order chi connectivity index (χ0) is 18.6. The third-order valence-corrected chi connectivity index (χ3v) is 4.68. The van der Waals surface area contributed by atoms with Gasteiger partial charge in [0, 0.05) is 31.4 Å². The van der Waals surface area contributed by atoms with E-state index in [0.29, 0.717) is 19.8 Å². The van der Waals surface area contributed by atoms with E-state index < -0.39 is 11.9 Å². The zero-order valence-corrected chi connectivity index (χ0v) is 14.3. The first-order valence-corrected chi connectivity index (χ1v) is 8.29. The highest BCUT2D eigenvalue weighted by Gasteiger charge is 2.36. The molecule has 0 unspecified atom stereocenters. The molecule has 140 valence electrons. The quantitative estimate of drug-likeness (QED) is 0.874. The number of hydrogen-bond donors (Lipinski definition) is 1. The van der Waals surface area contributed by atoms with Crippen LogP contribution in [0.3, 0.4) is 0 Å². The fourth-order valence-corrected chi connectivity index (χ4v) is 3.12. The van der Waals surface area contributed by atoms with Crippen molar-refractivity contribution in [1.82, 2.24) is 9.97 Å². The van der Waals surface area contributed by atoms with Gasteiger partial charge >= 0.3 is 6.18 Å². The van der Waals surface area contributed by atoms with Crippen molar-refractivity contribution < 1.29 is 22.6 Å². The molecule has 1 aliphatic rings. The summed E-state index contributed by atoms with van der Waals surface area (Å²) in [6.45, 7) is 1.61. The lowest BCUT2D eigenvalue weighted by Gasteiger charge is -2.38. The van der Waals surface area contributed by atoms with E-state index in [2.05, 4.69) is 15.3 Å². The van der Waals surface area contributed by atoms with Crippen LogP contribution in [-0.4, -0.2) is 36.8 Å². The van der Waals surface area contributed by atoms with Crippen LogP contribution >= 0.6 is 0 Å². The average molecular weight is 367 g/mol. The van der Waals surface area contributed by atoms with Crippen LogP contribution in [0.1, 0.15) is 24.1 Å². The van der Waals surface area contributed by atoms with Gasteiger partial charge in [-0.2, -0.15) is 13.2 Å². The first-order chi connectivity index (χ1) is 12.4. The molecule has 0 amide bonds. The van der Waals surface area contributed by atoms with Crippen molar-refractivity contribution in [1.29, 1.82) is 0 Å². The van der Waals surface area contributed by atoms with E-state index >= 15 is 0 Å². The Morgan fingerprint density at radius 1 is 1.15 bits per heavy atom. The van der Waals surface area contributed by atoms with Gasteiger partial charge in [0.05, 0.1) is 7.11 Å². The van der Waals surface area contributed by atoms with E-state index in [-0.39, 0.29) is 11.4 Å². The Balaban J connectivity index is 1.81. The Bertz CT molecular complexity index is 729. The molecule has 0 spiro atoms. The molecule has 5 nitrogen and oxygen atoms in total. The highest BCUT2D eigenvalue weighted by molar-refractivity contribution is 5.36. The molecule has 1 fully saturated rings. The summed E-state index contributed by atoms with van der Waals surface area (Å²) < 4.78 is 49.2. The van der Waals surface area contributed by atoms with Crippen molar-refractivity contribution in [3.8, 4) is 5.75 Å². The number of nitrogens with one attached hydrogen (secondary N) is 1. The fraction of sp³-hybridized carbons (Fsp3) is 0.444. The molecule has 3 rings (SSSR count). The molecule has 1 aromatic carbocycles. The lowest BCUT2D eigenvalue weighted by Crippen LogP contribution is -2.40. The monoisotopic (exact) mass is 367 g/mol. The van der Waals surface area contributed by atoms with E-state index in [9.17, 15) is 13.2 Å². The summed E-state index contributed by atoms with van der Waals surface area (Å²) in [5.41, 5.74) is -0.135. The molecule has 0 atom stereocenters. The first kappa shape index (κ1) is 18.4. The van der Waals surface area contributed by atoms with E-state index in [1.54, 1.807) is 7.11 Å². The van der Waals surface area contributed by atoms with Crippen molar-refractivity contribution in [2.75, 3.05) is 32.2 Å². The number of halogens is 3. The number of hydrogen-bond acceptors (Lipinski definition) is 5. The molecule has 0 bridgehead atoms. The molecule has 1 aromatic heterocycles. The smallest absolute Gasteiger partial charge is 0.433 e. The summed E-state index contributed by atoms with van der Waals surface area (Å²) in [5, 5.41) is 2.99. The minimum Gasteiger partial charge on any atom is -0.497 e. The van der Waals surface area contributed by atoms with Gasteiger partial charge in [0.1, 0.15) is 11.4 Å². The summed E-state index contributed by atoms with van der Waals surface area (Å²) >= 11 is 0. The molecule has 0 aliphatic carbocycles. The van der Waals surface area contributed by atoms with Crippen LogP contribution in [0.5, 0.6) is 5.75 Å². The normalized spacial score (nSPS) is 16.9.